The van der Waals surface area contributed by atoms with Gasteiger partial charge in [0.2, 0.25) is 0 Å². The maximum absolute atomic E-state index is 6.01. The van der Waals surface area contributed by atoms with E-state index >= 15 is 0 Å². The molecule has 0 aliphatic carbocycles. The van der Waals surface area contributed by atoms with Crippen molar-refractivity contribution in [2.75, 3.05) is 7.11 Å². The van der Waals surface area contributed by atoms with Crippen molar-refractivity contribution in [2.24, 2.45) is 0 Å². The molecule has 0 aliphatic heterocycles. The minimum absolute atomic E-state index is 0.286. The van der Waals surface area contributed by atoms with Gasteiger partial charge in [-0.1, -0.05) is 0 Å². The summed E-state index contributed by atoms with van der Waals surface area (Å²) in [5, 5.41) is 0. The van der Waals surface area contributed by atoms with Crippen LogP contribution in [0.3, 0.4) is 0 Å². The van der Waals surface area contributed by atoms with Crippen molar-refractivity contribution in [2.45, 2.75) is 19.6 Å². The van der Waals surface area contributed by atoms with E-state index < -0.39 is 8.32 Å². The number of allylic oxidation sites excluding steroid dienone is 1. The van der Waals surface area contributed by atoms with Crippen LogP contribution in [0, 0.1) is 0 Å². The van der Waals surface area contributed by atoms with Crippen LogP contribution in [-0.4, -0.2) is 30.4 Å². The summed E-state index contributed by atoms with van der Waals surface area (Å²) in [6, 6.07) is 10.4. The van der Waals surface area contributed by atoms with E-state index in [1.54, 1.807) is 13.4 Å². The van der Waals surface area contributed by atoms with Gasteiger partial charge in [0, 0.05) is 0 Å². The zero-order chi connectivity index (χ0) is 13.4. The summed E-state index contributed by atoms with van der Waals surface area (Å²) >= 11 is 0.286. The molecule has 4 heteroatoms. The van der Waals surface area contributed by atoms with Crippen molar-refractivity contribution in [3.63, 3.8) is 0 Å². The van der Waals surface area contributed by atoms with Crippen LogP contribution in [0.2, 0.25) is 19.6 Å². The molecule has 18 heavy (non-hydrogen) atoms. The van der Waals surface area contributed by atoms with E-state index in [0.29, 0.717) is 0 Å². The maximum atomic E-state index is 6.01. The number of methoxy groups -OCH3 is 1. The first-order valence-corrected chi connectivity index (χ1v) is 11.1. The average molecular weight is 327 g/mol. The molecule has 0 unspecified atom stereocenters. The molecule has 0 saturated carbocycles. The second-order valence-corrected chi connectivity index (χ2v) is 11.1. The summed E-state index contributed by atoms with van der Waals surface area (Å²) in [6.45, 7) is 6.53. The van der Waals surface area contributed by atoms with E-state index in [4.69, 9.17) is 9.16 Å². The van der Waals surface area contributed by atoms with Gasteiger partial charge in [0.05, 0.1) is 0 Å². The molecule has 0 amide bonds. The van der Waals surface area contributed by atoms with Crippen molar-refractivity contribution >= 4 is 27.7 Å². The predicted molar refractivity (Wildman–Crippen MR) is 80.5 cm³/mol. The molecule has 0 fully saturated rings. The van der Waals surface area contributed by atoms with Crippen LogP contribution in [0.25, 0.3) is 0 Å². The number of benzene rings is 1. The normalized spacial score (nSPS) is 12.8. The average Bonchev–Trinajstić information content (AvgIpc) is 2.32. The Morgan fingerprint density at radius 3 is 2.39 bits per heavy atom. The van der Waals surface area contributed by atoms with Gasteiger partial charge in [-0.05, 0) is 0 Å². The molecule has 0 aliphatic rings. The molecule has 2 nitrogen and oxygen atoms in total. The van der Waals surface area contributed by atoms with Gasteiger partial charge in [0.25, 0.3) is 0 Å². The van der Waals surface area contributed by atoms with Crippen molar-refractivity contribution in [1.29, 1.82) is 0 Å². The number of rotatable bonds is 6. The molecule has 0 N–H and O–H groups in total. The molecular weight excluding hydrogens is 307 g/mol. The molecule has 0 bridgehead atoms. The van der Waals surface area contributed by atoms with Gasteiger partial charge in [-0.15, -0.1) is 0 Å². The molecule has 0 saturated heterocycles. The summed E-state index contributed by atoms with van der Waals surface area (Å²) in [7, 11) is 0.0703. The van der Waals surface area contributed by atoms with Crippen LogP contribution in [0.5, 0.6) is 0 Å². The zero-order valence-electron chi connectivity index (χ0n) is 11.3. The fraction of sp³-hybridized carbons (Fsp3) is 0.286. The summed E-state index contributed by atoms with van der Waals surface area (Å²) < 4.78 is 12.3. The Bertz CT molecular complexity index is 408. The Labute approximate surface area is 117 Å². The van der Waals surface area contributed by atoms with Crippen molar-refractivity contribution in [3.8, 4) is 0 Å². The van der Waals surface area contributed by atoms with Gasteiger partial charge in [-0.25, -0.2) is 0 Å². The standard InChI is InChI=1S/C14H20O2SeSi/c1-15-11-10-13(16-18(2,3)4)12-17-14-8-6-5-7-9-14/h5-12H,1-4H3. The van der Waals surface area contributed by atoms with Crippen LogP contribution in [0.4, 0.5) is 0 Å². The van der Waals surface area contributed by atoms with E-state index in [1.807, 2.05) is 12.1 Å². The van der Waals surface area contributed by atoms with Crippen LogP contribution in [0.1, 0.15) is 0 Å². The SMILES string of the molecule is COC=CC(=C[Se]c1ccccc1)O[Si](C)(C)C. The molecule has 1 rings (SSSR count). The second-order valence-electron chi connectivity index (χ2n) is 4.70. The first kappa shape index (κ1) is 15.1. The van der Waals surface area contributed by atoms with E-state index in [2.05, 4.69) is 48.9 Å². The van der Waals surface area contributed by atoms with E-state index in [0.717, 1.165) is 5.76 Å². The van der Waals surface area contributed by atoms with Gasteiger partial charge in [0.15, 0.2) is 0 Å². The molecule has 0 atom stereocenters. The number of ether oxygens (including phenoxy) is 1. The third-order valence-corrected chi connectivity index (χ3v) is 4.57. The minimum atomic E-state index is -1.57. The summed E-state index contributed by atoms with van der Waals surface area (Å²) in [5.74, 6) is 0.917. The van der Waals surface area contributed by atoms with Gasteiger partial charge in [-0.2, -0.15) is 0 Å². The fourth-order valence-corrected chi connectivity index (χ4v) is 3.69. The van der Waals surface area contributed by atoms with E-state index in [-0.39, 0.29) is 15.0 Å². The Hall–Kier alpha value is -0.964. The molecule has 1 aromatic carbocycles. The summed E-state index contributed by atoms with van der Waals surface area (Å²) in [5.41, 5.74) is 0. The van der Waals surface area contributed by atoms with Gasteiger partial charge >= 0.3 is 117 Å². The fourth-order valence-electron chi connectivity index (χ4n) is 1.21. The van der Waals surface area contributed by atoms with E-state index in [9.17, 15) is 0 Å². The first-order chi connectivity index (χ1) is 8.51. The molecule has 0 heterocycles. The molecule has 1 aromatic rings. The predicted octanol–water partition coefficient (Wildman–Crippen LogP) is 2.87. The van der Waals surface area contributed by atoms with Crippen LogP contribution in [-0.2, 0) is 9.16 Å². The van der Waals surface area contributed by atoms with Gasteiger partial charge < -0.3 is 0 Å². The van der Waals surface area contributed by atoms with Crippen LogP contribution >= 0.6 is 0 Å². The Balaban J connectivity index is 2.73. The summed E-state index contributed by atoms with van der Waals surface area (Å²) in [6.07, 6.45) is 3.55. The summed E-state index contributed by atoms with van der Waals surface area (Å²) in [4.78, 5) is 2.16. The van der Waals surface area contributed by atoms with Crippen molar-refractivity contribution in [1.82, 2.24) is 0 Å². The van der Waals surface area contributed by atoms with Crippen molar-refractivity contribution in [3.05, 3.63) is 53.4 Å². The second kappa shape index (κ2) is 7.47. The zero-order valence-corrected chi connectivity index (χ0v) is 14.1. The monoisotopic (exact) mass is 328 g/mol. The molecular formula is C14H20O2SeSi. The third-order valence-electron chi connectivity index (χ3n) is 1.85. The van der Waals surface area contributed by atoms with Gasteiger partial charge in [-0.3, -0.25) is 0 Å². The first-order valence-electron chi connectivity index (χ1n) is 5.81. The molecule has 0 radical (unpaired) electrons. The topological polar surface area (TPSA) is 18.5 Å². The van der Waals surface area contributed by atoms with E-state index in [1.165, 1.54) is 4.46 Å². The molecule has 98 valence electrons. The molecule has 0 spiro atoms. The number of hydrogen-bond acceptors (Lipinski definition) is 2. The van der Waals surface area contributed by atoms with Crippen LogP contribution in [0.15, 0.2) is 53.4 Å². The van der Waals surface area contributed by atoms with Crippen LogP contribution < -0.4 is 4.46 Å². The quantitative estimate of drug-likeness (QED) is 0.454. The van der Waals surface area contributed by atoms with Gasteiger partial charge in [0.1, 0.15) is 0 Å². The Morgan fingerprint density at radius 1 is 1.17 bits per heavy atom. The Morgan fingerprint density at radius 2 is 1.83 bits per heavy atom. The van der Waals surface area contributed by atoms with Crippen molar-refractivity contribution < 1.29 is 9.16 Å². The third kappa shape index (κ3) is 6.69. The molecule has 0 aromatic heterocycles. The Kier molecular flexibility index (Phi) is 6.26. The number of hydrogen-bond donors (Lipinski definition) is 0.